The molecule has 94 valence electrons. The van der Waals surface area contributed by atoms with Crippen molar-refractivity contribution in [2.24, 2.45) is 0 Å². The molecule has 0 N–H and O–H groups in total. The number of hydrogen-bond donors (Lipinski definition) is 0. The molecule has 2 heterocycles. The van der Waals surface area contributed by atoms with Crippen molar-refractivity contribution < 1.29 is 14.3 Å². The van der Waals surface area contributed by atoms with Crippen molar-refractivity contribution in [3.05, 3.63) is 46.2 Å². The first-order valence-corrected chi connectivity index (χ1v) is 5.50. The van der Waals surface area contributed by atoms with E-state index in [0.717, 1.165) is 4.57 Å². The molecule has 18 heavy (non-hydrogen) atoms. The van der Waals surface area contributed by atoms with Gasteiger partial charge in [-0.25, -0.2) is 0 Å². The van der Waals surface area contributed by atoms with Gasteiger partial charge in [0.2, 0.25) is 0 Å². The van der Waals surface area contributed by atoms with Gasteiger partial charge in [-0.1, -0.05) is 0 Å². The molecule has 0 aliphatic rings. The van der Waals surface area contributed by atoms with E-state index in [4.69, 9.17) is 4.74 Å². The number of nitrogens with zero attached hydrogens (tertiary/aromatic N) is 2. The maximum Gasteiger partial charge on any atom is 0.326 e. The summed E-state index contributed by atoms with van der Waals surface area (Å²) in [6.45, 7) is 1.74. The Morgan fingerprint density at radius 3 is 3.00 bits per heavy atom. The van der Waals surface area contributed by atoms with Crippen molar-refractivity contribution >= 4 is 16.9 Å². The number of fused-ring (bicyclic) bond motifs is 1. The second-order valence-electron chi connectivity index (χ2n) is 3.69. The van der Waals surface area contributed by atoms with E-state index in [0.29, 0.717) is 10.1 Å². The molecule has 2 aromatic rings. The molecule has 0 atom stereocenters. The third-order valence-electron chi connectivity index (χ3n) is 2.49. The second kappa shape index (κ2) is 4.87. The van der Waals surface area contributed by atoms with E-state index in [2.05, 4.69) is 0 Å². The SMILES string of the molecule is CCOC(=O)Cn1ccc2ccc[n+]([O-])c2c1=O. The minimum Gasteiger partial charge on any atom is -0.618 e. The molecule has 6 nitrogen and oxygen atoms in total. The van der Waals surface area contributed by atoms with Gasteiger partial charge in [-0.15, -0.1) is 0 Å². The van der Waals surface area contributed by atoms with Gasteiger partial charge in [0.05, 0.1) is 12.0 Å². The lowest BCUT2D eigenvalue weighted by atomic mass is 10.2. The summed E-state index contributed by atoms with van der Waals surface area (Å²) in [4.78, 5) is 23.3. The topological polar surface area (TPSA) is 75.2 Å². The van der Waals surface area contributed by atoms with Gasteiger partial charge in [0.1, 0.15) is 6.54 Å². The highest BCUT2D eigenvalue weighted by Crippen LogP contribution is 2.03. The van der Waals surface area contributed by atoms with E-state index in [1.807, 2.05) is 0 Å². The summed E-state index contributed by atoms with van der Waals surface area (Å²) in [6.07, 6.45) is 2.72. The van der Waals surface area contributed by atoms with Crippen LogP contribution in [-0.2, 0) is 16.1 Å². The van der Waals surface area contributed by atoms with Crippen LogP contribution >= 0.6 is 0 Å². The predicted octanol–water partition coefficient (Wildman–Crippen LogP) is 0.198. The largest absolute Gasteiger partial charge is 0.618 e. The summed E-state index contributed by atoms with van der Waals surface area (Å²) in [5.41, 5.74) is -0.486. The summed E-state index contributed by atoms with van der Waals surface area (Å²) < 4.78 is 6.42. The summed E-state index contributed by atoms with van der Waals surface area (Å²) in [5.74, 6) is -0.507. The fourth-order valence-corrected chi connectivity index (χ4v) is 1.70. The molecule has 2 rings (SSSR count). The molecule has 0 aromatic carbocycles. The summed E-state index contributed by atoms with van der Waals surface area (Å²) in [7, 11) is 0. The first-order valence-electron chi connectivity index (χ1n) is 5.50. The van der Waals surface area contributed by atoms with Crippen LogP contribution in [-0.4, -0.2) is 17.1 Å². The van der Waals surface area contributed by atoms with Crippen molar-refractivity contribution in [1.29, 1.82) is 0 Å². The quantitative estimate of drug-likeness (QED) is 0.441. The Kier molecular flexibility index (Phi) is 3.27. The Hall–Kier alpha value is -2.37. The first-order chi connectivity index (χ1) is 8.63. The molecule has 0 fully saturated rings. The molecule has 0 spiro atoms. The molecule has 0 bridgehead atoms. The van der Waals surface area contributed by atoms with Gasteiger partial charge in [-0.05, 0) is 19.1 Å². The van der Waals surface area contributed by atoms with Crippen molar-refractivity contribution in [2.75, 3.05) is 6.61 Å². The lowest BCUT2D eigenvalue weighted by Crippen LogP contribution is -2.36. The number of hydrogen-bond acceptors (Lipinski definition) is 4. The highest BCUT2D eigenvalue weighted by atomic mass is 16.5. The zero-order valence-corrected chi connectivity index (χ0v) is 9.83. The highest BCUT2D eigenvalue weighted by molar-refractivity contribution is 5.75. The van der Waals surface area contributed by atoms with Gasteiger partial charge in [-0.2, -0.15) is 4.73 Å². The molecule has 2 aromatic heterocycles. The standard InChI is InChI=1S/C12H12N2O4/c1-2-18-10(15)8-13-7-5-9-4-3-6-14(17)11(9)12(13)16/h3-7H,2,8H2,1H3. The molecule has 0 unspecified atom stereocenters. The van der Waals surface area contributed by atoms with Crippen LogP contribution in [0.5, 0.6) is 0 Å². The molecule has 0 aliphatic heterocycles. The van der Waals surface area contributed by atoms with Crippen molar-refractivity contribution in [3.63, 3.8) is 0 Å². The lowest BCUT2D eigenvalue weighted by Gasteiger charge is -2.06. The van der Waals surface area contributed by atoms with Crippen LogP contribution in [0.25, 0.3) is 10.9 Å². The predicted molar refractivity (Wildman–Crippen MR) is 63.8 cm³/mol. The average molecular weight is 248 g/mol. The van der Waals surface area contributed by atoms with Gasteiger partial charge < -0.3 is 9.94 Å². The number of aromatic nitrogens is 2. The van der Waals surface area contributed by atoms with Crippen LogP contribution in [0.15, 0.2) is 35.4 Å². The zero-order valence-electron chi connectivity index (χ0n) is 9.83. The molecule has 0 saturated heterocycles. The van der Waals surface area contributed by atoms with Crippen molar-refractivity contribution in [3.8, 4) is 0 Å². The van der Waals surface area contributed by atoms with E-state index >= 15 is 0 Å². The van der Waals surface area contributed by atoms with Gasteiger partial charge in [0.25, 0.3) is 5.52 Å². The fraction of sp³-hybridized carbons (Fsp3) is 0.250. The van der Waals surface area contributed by atoms with Crippen LogP contribution in [0.1, 0.15) is 6.92 Å². The number of rotatable bonds is 3. The van der Waals surface area contributed by atoms with Crippen molar-refractivity contribution in [2.45, 2.75) is 13.5 Å². The third kappa shape index (κ3) is 2.17. The molecule has 0 amide bonds. The molecule has 0 aliphatic carbocycles. The Labute approximate surface area is 103 Å². The zero-order chi connectivity index (χ0) is 13.1. The van der Waals surface area contributed by atoms with E-state index in [1.54, 1.807) is 25.1 Å². The minimum atomic E-state index is -0.507. The number of carbonyl (C=O) groups is 1. The van der Waals surface area contributed by atoms with Gasteiger partial charge >= 0.3 is 11.5 Å². The maximum absolute atomic E-state index is 12.0. The minimum absolute atomic E-state index is 0.0179. The van der Waals surface area contributed by atoms with E-state index in [-0.39, 0.29) is 18.7 Å². The molecule has 6 heteroatoms. The molecular formula is C12H12N2O4. The monoisotopic (exact) mass is 248 g/mol. The Bertz CT molecular complexity index is 648. The van der Waals surface area contributed by atoms with E-state index in [1.165, 1.54) is 12.4 Å². The summed E-state index contributed by atoms with van der Waals surface area (Å²) in [5, 5.41) is 12.1. The number of pyridine rings is 2. The average Bonchev–Trinajstić information content (AvgIpc) is 2.33. The van der Waals surface area contributed by atoms with Gasteiger partial charge in [-0.3, -0.25) is 14.2 Å². The summed E-state index contributed by atoms with van der Waals surface area (Å²) >= 11 is 0. The Balaban J connectivity index is 2.48. The number of carbonyl (C=O) groups excluding carboxylic acids is 1. The normalized spacial score (nSPS) is 10.5. The Morgan fingerprint density at radius 2 is 2.28 bits per heavy atom. The van der Waals surface area contributed by atoms with Crippen LogP contribution in [0.2, 0.25) is 0 Å². The maximum atomic E-state index is 12.0. The molecular weight excluding hydrogens is 236 g/mol. The molecule has 0 radical (unpaired) electrons. The van der Waals surface area contributed by atoms with Gasteiger partial charge in [0, 0.05) is 12.3 Å². The first kappa shape index (κ1) is 12.1. The number of esters is 1. The highest BCUT2D eigenvalue weighted by Gasteiger charge is 2.13. The summed E-state index contributed by atoms with van der Waals surface area (Å²) in [6, 6.07) is 4.84. The van der Waals surface area contributed by atoms with Crippen LogP contribution in [0.4, 0.5) is 0 Å². The van der Waals surface area contributed by atoms with Crippen LogP contribution in [0.3, 0.4) is 0 Å². The fourth-order valence-electron chi connectivity index (χ4n) is 1.70. The van der Waals surface area contributed by atoms with Gasteiger partial charge in [0.15, 0.2) is 6.20 Å². The number of ether oxygens (including phenoxy) is 1. The Morgan fingerprint density at radius 1 is 1.50 bits per heavy atom. The smallest absolute Gasteiger partial charge is 0.326 e. The van der Waals surface area contributed by atoms with E-state index in [9.17, 15) is 14.8 Å². The van der Waals surface area contributed by atoms with Crippen molar-refractivity contribution in [1.82, 2.24) is 4.57 Å². The van der Waals surface area contributed by atoms with Crippen LogP contribution < -0.4 is 10.3 Å². The van der Waals surface area contributed by atoms with E-state index < -0.39 is 11.5 Å². The van der Waals surface area contributed by atoms with Crippen LogP contribution in [0, 0.1) is 5.21 Å². The molecule has 0 saturated carbocycles. The lowest BCUT2D eigenvalue weighted by molar-refractivity contribution is -0.577. The third-order valence-corrected chi connectivity index (χ3v) is 2.49. The second-order valence-corrected chi connectivity index (χ2v) is 3.69.